The summed E-state index contributed by atoms with van der Waals surface area (Å²) in [5, 5.41) is 2.83. The molecule has 144 valence electrons. The van der Waals surface area contributed by atoms with E-state index >= 15 is 0 Å². The normalized spacial score (nSPS) is 27.5. The van der Waals surface area contributed by atoms with Crippen LogP contribution in [0.1, 0.15) is 27.7 Å². The Kier molecular flexibility index (Phi) is 8.20. The van der Waals surface area contributed by atoms with Crippen LogP contribution < -0.4 is 0 Å². The molecule has 1 rings (SSSR count). The number of hydrogen-bond acceptors (Lipinski definition) is 10. The van der Waals surface area contributed by atoms with E-state index in [2.05, 4.69) is 10.0 Å². The zero-order valence-corrected chi connectivity index (χ0v) is 15.4. The Labute approximate surface area is 153 Å². The van der Waals surface area contributed by atoms with Crippen LogP contribution in [-0.2, 0) is 38.1 Å². The summed E-state index contributed by atoms with van der Waals surface area (Å²) < 4.78 is 20.5. The number of carbonyl (C=O) groups excluding carboxylic acids is 4. The maximum Gasteiger partial charge on any atom is 0.303 e. The second-order valence-electron chi connectivity index (χ2n) is 5.30. The van der Waals surface area contributed by atoms with Crippen LogP contribution in [0.3, 0.4) is 0 Å². The van der Waals surface area contributed by atoms with E-state index in [0.717, 1.165) is 32.5 Å². The van der Waals surface area contributed by atoms with Gasteiger partial charge in [-0.15, -0.1) is 11.8 Å². The van der Waals surface area contributed by atoms with Crippen LogP contribution in [0.15, 0.2) is 5.11 Å². The molecule has 1 saturated heterocycles. The van der Waals surface area contributed by atoms with E-state index < -0.39 is 52.8 Å². The number of ether oxygens (including phenoxy) is 4. The first-order valence-corrected chi connectivity index (χ1v) is 8.44. The van der Waals surface area contributed by atoms with Gasteiger partial charge in [0.05, 0.1) is 5.25 Å². The van der Waals surface area contributed by atoms with Crippen molar-refractivity contribution in [3.63, 3.8) is 0 Å². The van der Waals surface area contributed by atoms with Gasteiger partial charge in [-0.2, -0.15) is 0 Å². The third-order valence-corrected chi connectivity index (χ3v) is 4.53. The lowest BCUT2D eigenvalue weighted by Crippen LogP contribution is -2.57. The van der Waals surface area contributed by atoms with Crippen LogP contribution in [0.25, 0.3) is 10.4 Å². The monoisotopic (exact) mass is 389 g/mol. The van der Waals surface area contributed by atoms with Gasteiger partial charge in [0.15, 0.2) is 17.6 Å². The van der Waals surface area contributed by atoms with Gasteiger partial charge >= 0.3 is 23.9 Å². The molecule has 0 aliphatic carbocycles. The number of carbonyl (C=O) groups is 4. The molecule has 0 bridgehead atoms. The number of hydrogen-bond donors (Lipinski definition) is 0. The number of azide groups is 1. The van der Waals surface area contributed by atoms with Crippen molar-refractivity contribution in [3.05, 3.63) is 10.4 Å². The minimum atomic E-state index is -1.22. The molecule has 11 nitrogen and oxygen atoms in total. The van der Waals surface area contributed by atoms with Crippen molar-refractivity contribution in [1.29, 1.82) is 0 Å². The summed E-state index contributed by atoms with van der Waals surface area (Å²) in [5.74, 6) is -2.62. The van der Waals surface area contributed by atoms with Gasteiger partial charge in [0.2, 0.25) is 0 Å². The van der Waals surface area contributed by atoms with Crippen molar-refractivity contribution >= 4 is 35.6 Å². The Morgan fingerprint density at radius 3 is 1.92 bits per heavy atom. The molecular formula is C14H19N3O8S. The maximum absolute atomic E-state index is 11.5. The fourth-order valence-electron chi connectivity index (χ4n) is 2.33. The highest BCUT2D eigenvalue weighted by atomic mass is 32.2. The summed E-state index contributed by atoms with van der Waals surface area (Å²) in [7, 11) is 0. The molecule has 26 heavy (non-hydrogen) atoms. The molecule has 0 unspecified atom stereocenters. The first kappa shape index (κ1) is 21.6. The van der Waals surface area contributed by atoms with Gasteiger partial charge < -0.3 is 18.9 Å². The van der Waals surface area contributed by atoms with Crippen molar-refractivity contribution < 1.29 is 38.1 Å². The highest BCUT2D eigenvalue weighted by Crippen LogP contribution is 2.38. The highest BCUT2D eigenvalue weighted by Gasteiger charge is 2.51. The first-order chi connectivity index (χ1) is 12.1. The van der Waals surface area contributed by atoms with Crippen LogP contribution in [0, 0.1) is 0 Å². The Morgan fingerprint density at radius 1 is 0.923 bits per heavy atom. The van der Waals surface area contributed by atoms with Crippen molar-refractivity contribution in [2.24, 2.45) is 5.11 Å². The number of rotatable bonds is 6. The van der Waals surface area contributed by atoms with Crippen LogP contribution >= 0.6 is 11.8 Å². The van der Waals surface area contributed by atoms with E-state index in [1.54, 1.807) is 0 Å². The molecule has 0 aromatic rings. The van der Waals surface area contributed by atoms with Crippen molar-refractivity contribution in [3.8, 4) is 0 Å². The smallest absolute Gasteiger partial charge is 0.303 e. The molecule has 0 aromatic heterocycles. The van der Waals surface area contributed by atoms with E-state index in [4.69, 9.17) is 24.5 Å². The lowest BCUT2D eigenvalue weighted by molar-refractivity contribution is -0.173. The van der Waals surface area contributed by atoms with Crippen LogP contribution in [-0.4, -0.2) is 59.4 Å². The minimum Gasteiger partial charge on any atom is -0.465 e. The Hall–Kier alpha value is -2.46. The summed E-state index contributed by atoms with van der Waals surface area (Å²) in [6, 6.07) is -1.14. The molecule has 12 heteroatoms. The molecule has 5 atom stereocenters. The van der Waals surface area contributed by atoms with Gasteiger partial charge in [-0.1, -0.05) is 5.11 Å². The zero-order valence-electron chi connectivity index (χ0n) is 14.6. The second kappa shape index (κ2) is 9.88. The van der Waals surface area contributed by atoms with Gasteiger partial charge in [0.1, 0.15) is 12.6 Å². The quantitative estimate of drug-likeness (QED) is 0.213. The molecule has 1 aliphatic rings. The third kappa shape index (κ3) is 6.45. The van der Waals surface area contributed by atoms with Gasteiger partial charge in [-0.05, 0) is 5.53 Å². The van der Waals surface area contributed by atoms with E-state index in [-0.39, 0.29) is 6.61 Å². The average molecular weight is 389 g/mol. The van der Waals surface area contributed by atoms with E-state index in [1.165, 1.54) is 6.92 Å². The summed E-state index contributed by atoms with van der Waals surface area (Å²) in [5.41, 5.74) is 7.80. The fourth-order valence-corrected chi connectivity index (χ4v) is 3.75. The zero-order chi connectivity index (χ0) is 19.9. The molecule has 0 spiro atoms. The van der Waals surface area contributed by atoms with Crippen LogP contribution in [0.2, 0.25) is 0 Å². The largest absolute Gasteiger partial charge is 0.465 e. The fraction of sp³-hybridized carbons (Fsp3) is 0.714. The average Bonchev–Trinajstić information content (AvgIpc) is 2.49. The van der Waals surface area contributed by atoms with Crippen molar-refractivity contribution in [1.82, 2.24) is 0 Å². The molecule has 1 aliphatic heterocycles. The number of esters is 4. The second-order valence-corrected chi connectivity index (χ2v) is 6.64. The summed E-state index contributed by atoms with van der Waals surface area (Å²) in [6.45, 7) is 4.44. The molecule has 1 fully saturated rings. The molecule has 0 N–H and O–H groups in total. The topological polar surface area (TPSA) is 154 Å². The van der Waals surface area contributed by atoms with E-state index in [1.807, 2.05) is 0 Å². The standard InChI is InChI=1S/C14H19N3O8S/c1-6(18)22-5-10-12(23-7(2)19)13(24-8(3)20)11(16-17-15)14(26-10)25-9(4)21/h10-14H,5H2,1-4H3/t10-,11-,12-,13-,14+/m1/s1. The highest BCUT2D eigenvalue weighted by molar-refractivity contribution is 8.00. The Balaban J connectivity index is 3.28. The van der Waals surface area contributed by atoms with E-state index in [0.29, 0.717) is 0 Å². The van der Waals surface area contributed by atoms with E-state index in [9.17, 15) is 19.2 Å². The molecule has 0 aromatic carbocycles. The summed E-state index contributed by atoms with van der Waals surface area (Å²) >= 11 is 0.977. The van der Waals surface area contributed by atoms with Crippen molar-refractivity contribution in [2.75, 3.05) is 6.61 Å². The van der Waals surface area contributed by atoms with Crippen LogP contribution in [0.5, 0.6) is 0 Å². The third-order valence-electron chi connectivity index (χ3n) is 3.14. The maximum atomic E-state index is 11.5. The Morgan fingerprint density at radius 2 is 1.46 bits per heavy atom. The minimum absolute atomic E-state index is 0.198. The molecular weight excluding hydrogens is 370 g/mol. The lowest BCUT2D eigenvalue weighted by atomic mass is 10.0. The molecule has 0 radical (unpaired) electrons. The predicted octanol–water partition coefficient (Wildman–Crippen LogP) is 1.10. The van der Waals surface area contributed by atoms with Crippen molar-refractivity contribution in [2.45, 2.75) is 56.6 Å². The molecule has 1 heterocycles. The molecule has 0 saturated carbocycles. The molecule has 0 amide bonds. The number of thioether (sulfide) groups is 1. The van der Waals surface area contributed by atoms with Gasteiger partial charge in [-0.25, -0.2) is 0 Å². The Bertz CT molecular complexity index is 621. The summed E-state index contributed by atoms with van der Waals surface area (Å²) in [4.78, 5) is 48.2. The first-order valence-electron chi connectivity index (χ1n) is 7.50. The van der Waals surface area contributed by atoms with Crippen LogP contribution in [0.4, 0.5) is 0 Å². The lowest BCUT2D eigenvalue weighted by Gasteiger charge is -2.42. The number of nitrogens with zero attached hydrogens (tertiary/aromatic N) is 3. The predicted molar refractivity (Wildman–Crippen MR) is 87.6 cm³/mol. The SMILES string of the molecule is CC(=O)OC[C@H]1S[C@H](OC(C)=O)[C@H](N=[N+]=[N-])[C@@H](OC(C)=O)[C@@H]1OC(C)=O. The van der Waals surface area contributed by atoms with Gasteiger partial charge in [-0.3, -0.25) is 19.2 Å². The van der Waals surface area contributed by atoms with Gasteiger partial charge in [0.25, 0.3) is 0 Å². The van der Waals surface area contributed by atoms with Gasteiger partial charge in [0, 0.05) is 32.6 Å². The summed E-state index contributed by atoms with van der Waals surface area (Å²) in [6.07, 6.45) is -2.30.